The lowest BCUT2D eigenvalue weighted by Gasteiger charge is -2.18. The van der Waals surface area contributed by atoms with Crippen LogP contribution in [0.5, 0.6) is 0 Å². The van der Waals surface area contributed by atoms with E-state index in [1.54, 1.807) is 0 Å². The third kappa shape index (κ3) is 43.4. The largest absolute Gasteiger partial charge is 0.462 e. The van der Waals surface area contributed by atoms with Crippen molar-refractivity contribution in [1.82, 2.24) is 0 Å². The number of carbonyl (C=O) groups is 3. The van der Waals surface area contributed by atoms with Crippen molar-refractivity contribution < 1.29 is 28.6 Å². The van der Waals surface area contributed by atoms with E-state index in [0.717, 1.165) is 63.7 Å². The molecule has 0 aliphatic heterocycles. The zero-order valence-electron chi connectivity index (χ0n) is 37.4. The van der Waals surface area contributed by atoms with Gasteiger partial charge in [0.1, 0.15) is 13.2 Å². The molecule has 0 radical (unpaired) electrons. The Morgan fingerprint density at radius 2 is 0.600 bits per heavy atom. The molecule has 55 heavy (non-hydrogen) atoms. The summed E-state index contributed by atoms with van der Waals surface area (Å²) in [5.74, 6) is -0.0699. The number of hydrogen-bond acceptors (Lipinski definition) is 6. The van der Waals surface area contributed by atoms with E-state index in [2.05, 4.69) is 27.7 Å². The Labute approximate surface area is 342 Å². The van der Waals surface area contributed by atoms with Crippen LogP contribution in [0.1, 0.15) is 272 Å². The Hall–Kier alpha value is -1.59. The van der Waals surface area contributed by atoms with Crippen LogP contribution in [0.4, 0.5) is 0 Å². The van der Waals surface area contributed by atoms with Crippen LogP contribution < -0.4 is 0 Å². The molecule has 0 N–H and O–H groups in total. The van der Waals surface area contributed by atoms with Crippen LogP contribution in [0, 0.1) is 5.92 Å². The zero-order valence-corrected chi connectivity index (χ0v) is 37.4. The number of esters is 3. The molecule has 0 fully saturated rings. The summed E-state index contributed by atoms with van der Waals surface area (Å²) in [6.07, 6.45) is 43.8. The van der Waals surface area contributed by atoms with E-state index in [9.17, 15) is 14.4 Å². The molecule has 1 atom stereocenters. The van der Waals surface area contributed by atoms with Gasteiger partial charge in [0.2, 0.25) is 0 Å². The van der Waals surface area contributed by atoms with Crippen LogP contribution in [0.2, 0.25) is 0 Å². The highest BCUT2D eigenvalue weighted by Gasteiger charge is 2.19. The molecule has 0 aliphatic rings. The van der Waals surface area contributed by atoms with Gasteiger partial charge >= 0.3 is 17.9 Å². The Morgan fingerprint density at radius 1 is 0.345 bits per heavy atom. The topological polar surface area (TPSA) is 78.9 Å². The van der Waals surface area contributed by atoms with Crippen molar-refractivity contribution >= 4 is 17.9 Å². The fourth-order valence-electron chi connectivity index (χ4n) is 7.33. The first-order valence-electron chi connectivity index (χ1n) is 24.4. The summed E-state index contributed by atoms with van der Waals surface area (Å²) >= 11 is 0. The lowest BCUT2D eigenvalue weighted by Crippen LogP contribution is -2.30. The van der Waals surface area contributed by atoms with Gasteiger partial charge in [-0.1, -0.05) is 233 Å². The molecule has 0 saturated heterocycles. The van der Waals surface area contributed by atoms with Crippen molar-refractivity contribution in [3.8, 4) is 0 Å². The van der Waals surface area contributed by atoms with Gasteiger partial charge in [0, 0.05) is 19.3 Å². The van der Waals surface area contributed by atoms with Gasteiger partial charge in [-0.3, -0.25) is 14.4 Å². The first-order valence-corrected chi connectivity index (χ1v) is 24.4. The Morgan fingerprint density at radius 3 is 0.891 bits per heavy atom. The minimum Gasteiger partial charge on any atom is -0.462 e. The summed E-state index contributed by atoms with van der Waals surface area (Å²) in [4.78, 5) is 37.8. The summed E-state index contributed by atoms with van der Waals surface area (Å²) in [6, 6.07) is 0. The Kier molecular flexibility index (Phi) is 42.3. The molecule has 0 heterocycles. The van der Waals surface area contributed by atoms with Gasteiger partial charge in [-0.15, -0.1) is 0 Å². The molecule has 0 aromatic heterocycles. The van der Waals surface area contributed by atoms with Crippen LogP contribution in [0.15, 0.2) is 0 Å². The predicted octanol–water partition coefficient (Wildman–Crippen LogP) is 15.5. The second kappa shape index (κ2) is 43.5. The number of rotatable bonds is 44. The van der Waals surface area contributed by atoms with Crippen LogP contribution in [0.25, 0.3) is 0 Å². The molecule has 0 unspecified atom stereocenters. The van der Waals surface area contributed by atoms with E-state index in [1.807, 2.05) is 0 Å². The average molecular weight is 779 g/mol. The third-order valence-corrected chi connectivity index (χ3v) is 11.0. The van der Waals surface area contributed by atoms with Gasteiger partial charge in [-0.25, -0.2) is 0 Å². The van der Waals surface area contributed by atoms with Crippen LogP contribution >= 0.6 is 0 Å². The van der Waals surface area contributed by atoms with Crippen molar-refractivity contribution in [2.45, 2.75) is 278 Å². The minimum atomic E-state index is -0.760. The fourth-order valence-corrected chi connectivity index (χ4v) is 7.33. The maximum atomic E-state index is 12.7. The van der Waals surface area contributed by atoms with E-state index >= 15 is 0 Å². The lowest BCUT2D eigenvalue weighted by molar-refractivity contribution is -0.167. The molecule has 0 amide bonds. The van der Waals surface area contributed by atoms with Gasteiger partial charge in [0.25, 0.3) is 0 Å². The highest BCUT2D eigenvalue weighted by atomic mass is 16.6. The van der Waals surface area contributed by atoms with Crippen LogP contribution in [-0.2, 0) is 28.6 Å². The monoisotopic (exact) mass is 779 g/mol. The van der Waals surface area contributed by atoms with Crippen LogP contribution in [0.3, 0.4) is 0 Å². The summed E-state index contributed by atoms with van der Waals surface area (Å²) in [7, 11) is 0. The number of ether oxygens (including phenoxy) is 3. The quantitative estimate of drug-likeness (QED) is 0.0348. The maximum Gasteiger partial charge on any atom is 0.306 e. The van der Waals surface area contributed by atoms with Crippen molar-refractivity contribution in [2.75, 3.05) is 13.2 Å². The summed E-state index contributed by atoms with van der Waals surface area (Å²) in [5, 5.41) is 0. The Bertz CT molecular complexity index is 826. The van der Waals surface area contributed by atoms with E-state index in [4.69, 9.17) is 14.2 Å². The highest BCUT2D eigenvalue weighted by molar-refractivity contribution is 5.71. The van der Waals surface area contributed by atoms with Gasteiger partial charge in [0.15, 0.2) is 6.10 Å². The molecule has 0 aromatic carbocycles. The predicted molar refractivity (Wildman–Crippen MR) is 233 cm³/mol. The van der Waals surface area contributed by atoms with Crippen LogP contribution in [-0.4, -0.2) is 37.2 Å². The number of hydrogen-bond donors (Lipinski definition) is 0. The van der Waals surface area contributed by atoms with Gasteiger partial charge < -0.3 is 14.2 Å². The summed E-state index contributed by atoms with van der Waals surface area (Å²) in [5.41, 5.74) is 0. The molecule has 6 heteroatoms. The summed E-state index contributed by atoms with van der Waals surface area (Å²) in [6.45, 7) is 8.96. The third-order valence-electron chi connectivity index (χ3n) is 11.0. The van der Waals surface area contributed by atoms with Crippen molar-refractivity contribution in [1.29, 1.82) is 0 Å². The van der Waals surface area contributed by atoms with E-state index < -0.39 is 6.10 Å². The van der Waals surface area contributed by atoms with Gasteiger partial charge in [-0.2, -0.15) is 0 Å². The molecule has 0 spiro atoms. The Balaban J connectivity index is 4.31. The molecular weight excluding hydrogens is 685 g/mol. The van der Waals surface area contributed by atoms with Crippen molar-refractivity contribution in [3.63, 3.8) is 0 Å². The highest BCUT2D eigenvalue weighted by Crippen LogP contribution is 2.16. The molecule has 0 aromatic rings. The molecule has 0 aliphatic carbocycles. The number of unbranched alkanes of at least 4 members (excludes halogenated alkanes) is 31. The lowest BCUT2D eigenvalue weighted by atomic mass is 10.0. The van der Waals surface area contributed by atoms with Crippen molar-refractivity contribution in [3.05, 3.63) is 0 Å². The van der Waals surface area contributed by atoms with Gasteiger partial charge in [0.05, 0.1) is 0 Å². The fraction of sp³-hybridized carbons (Fsp3) is 0.939. The second-order valence-corrected chi connectivity index (χ2v) is 17.2. The molecular formula is C49H94O6. The average Bonchev–Trinajstić information content (AvgIpc) is 3.17. The van der Waals surface area contributed by atoms with Crippen molar-refractivity contribution in [2.24, 2.45) is 5.92 Å². The van der Waals surface area contributed by atoms with E-state index in [1.165, 1.54) is 167 Å². The zero-order chi connectivity index (χ0) is 40.3. The molecule has 6 nitrogen and oxygen atoms in total. The molecule has 0 bridgehead atoms. The number of carbonyl (C=O) groups excluding carboxylic acids is 3. The first kappa shape index (κ1) is 53.4. The molecule has 326 valence electrons. The van der Waals surface area contributed by atoms with E-state index in [-0.39, 0.29) is 31.1 Å². The summed E-state index contributed by atoms with van der Waals surface area (Å²) < 4.78 is 16.7. The molecule has 0 saturated carbocycles. The van der Waals surface area contributed by atoms with Gasteiger partial charge in [-0.05, 0) is 25.2 Å². The normalized spacial score (nSPS) is 11.9. The SMILES string of the molecule is CCCCCCCCCCCCCCCCCC(=O)O[C@@H](COC(=O)CCCCCCCCCCCCCC)COC(=O)CCCCCCCCCC(C)C. The second-order valence-electron chi connectivity index (χ2n) is 17.2. The maximum absolute atomic E-state index is 12.7. The standard InChI is InChI=1S/C49H94O6/c1-5-7-9-11-13-15-17-19-20-21-23-25-29-34-38-42-49(52)55-46(44-54-48(51)41-37-33-30-26-27-31-35-39-45(3)4)43-53-47(50)40-36-32-28-24-22-18-16-14-12-10-8-6-2/h45-46H,5-44H2,1-4H3/t46-/m0/s1. The first-order chi connectivity index (χ1) is 26.9. The van der Waals surface area contributed by atoms with E-state index in [0.29, 0.717) is 19.3 Å². The molecule has 0 rings (SSSR count). The minimum absolute atomic E-state index is 0.0637. The smallest absolute Gasteiger partial charge is 0.306 e.